The average molecular weight is 256 g/mol. The third kappa shape index (κ3) is 2.62. The maximum Gasteiger partial charge on any atom is 0.185 e. The third-order valence-electron chi connectivity index (χ3n) is 2.58. The monoisotopic (exact) mass is 256 g/mol. The average Bonchev–Trinajstić information content (AvgIpc) is 2.83. The predicted octanol–water partition coefficient (Wildman–Crippen LogP) is 1.16. The van der Waals surface area contributed by atoms with Crippen molar-refractivity contribution in [2.75, 3.05) is 37.6 Å². The lowest BCUT2D eigenvalue weighted by Crippen LogP contribution is -2.51. The van der Waals surface area contributed by atoms with Crippen LogP contribution >= 0.6 is 23.6 Å². The van der Waals surface area contributed by atoms with Crippen LogP contribution in [0.15, 0.2) is 11.6 Å². The standard InChI is InChI=1S/C10H16N4S2/c1-2-11-9(15)13-4-6-14(7-5-13)10-12-3-8-16-10/h3,8H,2,4-7H2,1H3,(H,11,15). The molecule has 0 bridgehead atoms. The number of aromatic nitrogens is 1. The number of hydrogen-bond donors (Lipinski definition) is 1. The van der Waals surface area contributed by atoms with E-state index >= 15 is 0 Å². The number of nitrogens with zero attached hydrogens (tertiary/aromatic N) is 3. The van der Waals surface area contributed by atoms with Gasteiger partial charge in [-0.3, -0.25) is 0 Å². The lowest BCUT2D eigenvalue weighted by molar-refractivity contribution is 0.381. The fourth-order valence-corrected chi connectivity index (χ4v) is 2.76. The van der Waals surface area contributed by atoms with Crippen molar-refractivity contribution >= 4 is 33.8 Å². The van der Waals surface area contributed by atoms with Gasteiger partial charge in [0.2, 0.25) is 0 Å². The number of nitrogens with one attached hydrogen (secondary N) is 1. The van der Waals surface area contributed by atoms with Gasteiger partial charge in [0, 0.05) is 44.3 Å². The molecule has 16 heavy (non-hydrogen) atoms. The highest BCUT2D eigenvalue weighted by Crippen LogP contribution is 2.18. The van der Waals surface area contributed by atoms with Crippen LogP contribution < -0.4 is 10.2 Å². The normalized spacial score (nSPS) is 16.3. The van der Waals surface area contributed by atoms with Crippen molar-refractivity contribution in [3.8, 4) is 0 Å². The molecule has 1 aliphatic heterocycles. The molecule has 0 aromatic carbocycles. The van der Waals surface area contributed by atoms with E-state index < -0.39 is 0 Å². The Bertz CT molecular complexity index is 331. The molecule has 88 valence electrons. The molecule has 1 aromatic heterocycles. The van der Waals surface area contributed by atoms with E-state index in [-0.39, 0.29) is 0 Å². The van der Waals surface area contributed by atoms with E-state index in [4.69, 9.17) is 12.2 Å². The SMILES string of the molecule is CCNC(=S)N1CCN(c2nccs2)CC1. The molecule has 1 N–H and O–H groups in total. The smallest absolute Gasteiger partial charge is 0.185 e. The first kappa shape index (κ1) is 11.6. The summed E-state index contributed by atoms with van der Waals surface area (Å²) < 4.78 is 0. The van der Waals surface area contributed by atoms with E-state index in [2.05, 4.69) is 27.0 Å². The maximum absolute atomic E-state index is 5.30. The molecule has 1 aliphatic rings. The van der Waals surface area contributed by atoms with Crippen LogP contribution in [0.4, 0.5) is 5.13 Å². The van der Waals surface area contributed by atoms with Crippen LogP contribution in [0.5, 0.6) is 0 Å². The van der Waals surface area contributed by atoms with Crippen LogP contribution in [0.2, 0.25) is 0 Å². The highest BCUT2D eigenvalue weighted by molar-refractivity contribution is 7.80. The minimum Gasteiger partial charge on any atom is -0.363 e. The number of thiazole rings is 1. The van der Waals surface area contributed by atoms with Gasteiger partial charge < -0.3 is 15.1 Å². The third-order valence-corrected chi connectivity index (χ3v) is 3.82. The predicted molar refractivity (Wildman–Crippen MR) is 72.2 cm³/mol. The molecular weight excluding hydrogens is 240 g/mol. The Labute approximate surface area is 105 Å². The van der Waals surface area contributed by atoms with Crippen molar-refractivity contribution in [1.29, 1.82) is 0 Å². The zero-order valence-electron chi connectivity index (χ0n) is 9.35. The van der Waals surface area contributed by atoms with Crippen molar-refractivity contribution in [1.82, 2.24) is 15.2 Å². The Kier molecular flexibility index (Phi) is 3.95. The quantitative estimate of drug-likeness (QED) is 0.803. The number of anilines is 1. The summed E-state index contributed by atoms with van der Waals surface area (Å²) in [6, 6.07) is 0. The molecule has 0 radical (unpaired) electrons. The van der Waals surface area contributed by atoms with Gasteiger partial charge in [0.05, 0.1) is 0 Å². The second kappa shape index (κ2) is 5.45. The molecule has 6 heteroatoms. The Morgan fingerprint density at radius 2 is 2.25 bits per heavy atom. The summed E-state index contributed by atoms with van der Waals surface area (Å²) in [5.74, 6) is 0. The summed E-state index contributed by atoms with van der Waals surface area (Å²) in [7, 11) is 0. The molecule has 1 saturated heterocycles. The summed E-state index contributed by atoms with van der Waals surface area (Å²) in [4.78, 5) is 8.86. The molecule has 0 atom stereocenters. The van der Waals surface area contributed by atoms with Crippen LogP contribution in [0.1, 0.15) is 6.92 Å². The molecule has 1 aromatic rings. The van der Waals surface area contributed by atoms with Crippen LogP contribution in [0, 0.1) is 0 Å². The first-order valence-electron chi connectivity index (χ1n) is 5.48. The van der Waals surface area contributed by atoms with Crippen LogP contribution in [-0.2, 0) is 0 Å². The second-order valence-electron chi connectivity index (χ2n) is 3.62. The molecule has 1 fully saturated rings. The van der Waals surface area contributed by atoms with Gasteiger partial charge in [0.25, 0.3) is 0 Å². The largest absolute Gasteiger partial charge is 0.363 e. The lowest BCUT2D eigenvalue weighted by Gasteiger charge is -2.35. The molecule has 2 rings (SSSR count). The number of piperazine rings is 1. The van der Waals surface area contributed by atoms with E-state index in [1.165, 1.54) is 0 Å². The van der Waals surface area contributed by atoms with Crippen LogP contribution in [0.25, 0.3) is 0 Å². The molecule has 0 aliphatic carbocycles. The number of hydrogen-bond acceptors (Lipinski definition) is 4. The second-order valence-corrected chi connectivity index (χ2v) is 4.88. The van der Waals surface area contributed by atoms with Crippen LogP contribution in [0.3, 0.4) is 0 Å². The van der Waals surface area contributed by atoms with E-state index in [1.54, 1.807) is 11.3 Å². The fourth-order valence-electron chi connectivity index (χ4n) is 1.74. The van der Waals surface area contributed by atoms with Crippen molar-refractivity contribution < 1.29 is 0 Å². The van der Waals surface area contributed by atoms with E-state index in [1.807, 2.05) is 11.6 Å². The summed E-state index contributed by atoms with van der Waals surface area (Å²) in [6.07, 6.45) is 1.86. The molecular formula is C10H16N4S2. The fraction of sp³-hybridized carbons (Fsp3) is 0.600. The summed E-state index contributed by atoms with van der Waals surface area (Å²) in [5.41, 5.74) is 0. The zero-order chi connectivity index (χ0) is 11.4. The van der Waals surface area contributed by atoms with Gasteiger partial charge in [0.1, 0.15) is 0 Å². The van der Waals surface area contributed by atoms with Gasteiger partial charge in [0.15, 0.2) is 10.2 Å². The molecule has 4 nitrogen and oxygen atoms in total. The molecule has 0 saturated carbocycles. The highest BCUT2D eigenvalue weighted by Gasteiger charge is 2.19. The van der Waals surface area contributed by atoms with Gasteiger partial charge in [-0.25, -0.2) is 4.98 Å². The molecule has 0 spiro atoms. The van der Waals surface area contributed by atoms with Gasteiger partial charge in [-0.05, 0) is 19.1 Å². The maximum atomic E-state index is 5.30. The van der Waals surface area contributed by atoms with Gasteiger partial charge in [-0.1, -0.05) is 0 Å². The Hall–Kier alpha value is -0.880. The molecule has 0 amide bonds. The van der Waals surface area contributed by atoms with Crippen molar-refractivity contribution in [2.24, 2.45) is 0 Å². The number of rotatable bonds is 2. The summed E-state index contributed by atoms with van der Waals surface area (Å²) >= 11 is 6.99. The minimum atomic E-state index is 0.876. The van der Waals surface area contributed by atoms with Crippen LogP contribution in [-0.4, -0.2) is 47.7 Å². The first-order valence-corrected chi connectivity index (χ1v) is 6.77. The van der Waals surface area contributed by atoms with E-state index in [9.17, 15) is 0 Å². The Balaban J connectivity index is 1.85. The zero-order valence-corrected chi connectivity index (χ0v) is 11.0. The molecule has 0 unspecified atom stereocenters. The topological polar surface area (TPSA) is 31.4 Å². The summed E-state index contributed by atoms with van der Waals surface area (Å²) in [5, 5.41) is 7.21. The van der Waals surface area contributed by atoms with Gasteiger partial charge in [-0.2, -0.15) is 0 Å². The van der Waals surface area contributed by atoms with E-state index in [0.717, 1.165) is 43.0 Å². The summed E-state index contributed by atoms with van der Waals surface area (Å²) in [6.45, 7) is 6.92. The first-order chi connectivity index (χ1) is 7.81. The minimum absolute atomic E-state index is 0.876. The van der Waals surface area contributed by atoms with Crippen molar-refractivity contribution in [2.45, 2.75) is 6.92 Å². The van der Waals surface area contributed by atoms with Gasteiger partial charge >= 0.3 is 0 Å². The van der Waals surface area contributed by atoms with Gasteiger partial charge in [-0.15, -0.1) is 11.3 Å². The van der Waals surface area contributed by atoms with Crippen molar-refractivity contribution in [3.05, 3.63) is 11.6 Å². The highest BCUT2D eigenvalue weighted by atomic mass is 32.1. The van der Waals surface area contributed by atoms with E-state index in [0.29, 0.717) is 0 Å². The van der Waals surface area contributed by atoms with Crippen molar-refractivity contribution in [3.63, 3.8) is 0 Å². The Morgan fingerprint density at radius 1 is 1.50 bits per heavy atom. The number of thiocarbonyl (C=S) groups is 1. The Morgan fingerprint density at radius 3 is 2.81 bits per heavy atom. The lowest BCUT2D eigenvalue weighted by atomic mass is 10.3. The molecule has 2 heterocycles.